The summed E-state index contributed by atoms with van der Waals surface area (Å²) in [4.78, 5) is 0. The lowest BCUT2D eigenvalue weighted by molar-refractivity contribution is 0.191. The van der Waals surface area contributed by atoms with Crippen LogP contribution in [0, 0.1) is 35.1 Å². The minimum absolute atomic E-state index is 0.0305. The molecule has 2 aliphatic carbocycles. The first-order valence-electron chi connectivity index (χ1n) is 13.7. The van der Waals surface area contributed by atoms with Crippen LogP contribution in [-0.4, -0.2) is 13.2 Å². The fourth-order valence-electron chi connectivity index (χ4n) is 6.36. The quantitative estimate of drug-likeness (QED) is 0.265. The van der Waals surface area contributed by atoms with E-state index in [-0.39, 0.29) is 41.8 Å². The molecule has 2 aromatic rings. The molecule has 5 rings (SSSR count). The third-order valence-corrected chi connectivity index (χ3v) is 8.64. The molecule has 3 aliphatic rings. The molecule has 2 aromatic carbocycles. The Hall–Kier alpha value is -2.08. The highest BCUT2D eigenvalue weighted by atomic mass is 19.2. The highest BCUT2D eigenvalue weighted by Crippen LogP contribution is 2.42. The predicted molar refractivity (Wildman–Crippen MR) is 131 cm³/mol. The van der Waals surface area contributed by atoms with Crippen LogP contribution in [0.5, 0.6) is 5.75 Å². The SMILES string of the molecule is CCCC1CCC(c2ccc(C3CCC(COc4ccc(C5CO5)c(F)c4F)CC3)c(F)c2F)CC1. The van der Waals surface area contributed by atoms with E-state index in [2.05, 4.69) is 6.92 Å². The zero-order valence-electron chi connectivity index (χ0n) is 21.0. The Morgan fingerprint density at radius 2 is 1.19 bits per heavy atom. The number of hydrogen-bond donors (Lipinski definition) is 0. The van der Waals surface area contributed by atoms with Gasteiger partial charge < -0.3 is 9.47 Å². The molecule has 1 aliphatic heterocycles. The van der Waals surface area contributed by atoms with Crippen LogP contribution < -0.4 is 4.74 Å². The summed E-state index contributed by atoms with van der Waals surface area (Å²) < 4.78 is 69.5. The van der Waals surface area contributed by atoms with Gasteiger partial charge in [0, 0.05) is 5.56 Å². The van der Waals surface area contributed by atoms with Gasteiger partial charge in [0.15, 0.2) is 23.2 Å². The Morgan fingerprint density at radius 1 is 0.694 bits per heavy atom. The van der Waals surface area contributed by atoms with E-state index in [0.29, 0.717) is 17.7 Å². The van der Waals surface area contributed by atoms with E-state index in [1.54, 1.807) is 6.07 Å². The number of ether oxygens (including phenoxy) is 2. The summed E-state index contributed by atoms with van der Waals surface area (Å²) in [5.74, 6) is -2.34. The average Bonchev–Trinajstić information content (AvgIpc) is 3.73. The maximum atomic E-state index is 15.2. The Balaban J connectivity index is 1.15. The molecule has 1 atom stereocenters. The van der Waals surface area contributed by atoms with Gasteiger partial charge in [-0.1, -0.05) is 31.9 Å². The molecule has 0 radical (unpaired) electrons. The van der Waals surface area contributed by atoms with E-state index in [1.165, 1.54) is 25.0 Å². The molecule has 196 valence electrons. The van der Waals surface area contributed by atoms with Crippen molar-refractivity contribution in [3.63, 3.8) is 0 Å². The molecule has 6 heteroatoms. The maximum Gasteiger partial charge on any atom is 0.200 e. The van der Waals surface area contributed by atoms with Gasteiger partial charge in [-0.3, -0.25) is 0 Å². The second kappa shape index (κ2) is 11.1. The second-order valence-corrected chi connectivity index (χ2v) is 11.0. The van der Waals surface area contributed by atoms with Crippen molar-refractivity contribution in [2.45, 2.75) is 89.1 Å². The summed E-state index contributed by atoms with van der Waals surface area (Å²) in [7, 11) is 0. The second-order valence-electron chi connectivity index (χ2n) is 11.0. The minimum atomic E-state index is -0.979. The molecule has 36 heavy (non-hydrogen) atoms. The van der Waals surface area contributed by atoms with E-state index in [0.717, 1.165) is 57.3 Å². The van der Waals surface area contributed by atoms with Gasteiger partial charge in [-0.05, 0) is 98.3 Å². The molecule has 0 amide bonds. The van der Waals surface area contributed by atoms with Gasteiger partial charge in [0.05, 0.1) is 13.2 Å². The van der Waals surface area contributed by atoms with Crippen LogP contribution in [0.4, 0.5) is 17.6 Å². The van der Waals surface area contributed by atoms with Crippen molar-refractivity contribution in [2.24, 2.45) is 11.8 Å². The molecule has 1 heterocycles. The molecule has 3 fully saturated rings. The van der Waals surface area contributed by atoms with Crippen molar-refractivity contribution < 1.29 is 27.0 Å². The van der Waals surface area contributed by atoms with Crippen molar-refractivity contribution in [3.05, 3.63) is 64.2 Å². The lowest BCUT2D eigenvalue weighted by Crippen LogP contribution is -2.21. The molecule has 0 N–H and O–H groups in total. The smallest absolute Gasteiger partial charge is 0.200 e. The van der Waals surface area contributed by atoms with Crippen LogP contribution in [0.2, 0.25) is 0 Å². The molecular formula is C30H36F4O2. The Morgan fingerprint density at radius 3 is 1.72 bits per heavy atom. The zero-order chi connectivity index (χ0) is 25.2. The van der Waals surface area contributed by atoms with E-state index >= 15 is 8.78 Å². The maximum absolute atomic E-state index is 15.2. The van der Waals surface area contributed by atoms with Gasteiger partial charge >= 0.3 is 0 Å². The van der Waals surface area contributed by atoms with Crippen LogP contribution in [0.1, 0.15) is 106 Å². The predicted octanol–water partition coefficient (Wildman–Crippen LogP) is 8.74. The summed E-state index contributed by atoms with van der Waals surface area (Å²) in [6.07, 6.45) is 9.11. The highest BCUT2D eigenvalue weighted by molar-refractivity contribution is 5.34. The number of rotatable bonds is 8. The highest BCUT2D eigenvalue weighted by Gasteiger charge is 2.32. The molecular weight excluding hydrogens is 468 g/mol. The number of epoxide rings is 1. The molecule has 1 unspecified atom stereocenters. The lowest BCUT2D eigenvalue weighted by Gasteiger charge is -2.31. The summed E-state index contributed by atoms with van der Waals surface area (Å²) in [5, 5.41) is 0. The largest absolute Gasteiger partial charge is 0.490 e. The summed E-state index contributed by atoms with van der Waals surface area (Å²) in [6.45, 7) is 2.89. The minimum Gasteiger partial charge on any atom is -0.490 e. The number of hydrogen-bond acceptors (Lipinski definition) is 2. The van der Waals surface area contributed by atoms with Gasteiger partial charge in [-0.2, -0.15) is 4.39 Å². The summed E-state index contributed by atoms with van der Waals surface area (Å²) in [5.41, 5.74) is 1.24. The number of benzene rings is 2. The lowest BCUT2D eigenvalue weighted by atomic mass is 9.75. The average molecular weight is 505 g/mol. The molecule has 0 bridgehead atoms. The molecule has 1 saturated heterocycles. The number of halogens is 4. The zero-order valence-corrected chi connectivity index (χ0v) is 21.0. The standard InChI is InChI=1S/C30H36F4O2/c1-2-3-18-4-8-20(9-5-18)22-12-13-23(28(32)27(22)31)21-10-6-19(7-11-21)16-35-25-15-14-24(26-17-36-26)29(33)30(25)34/h12-15,18-21,26H,2-11,16-17H2,1H3. The van der Waals surface area contributed by atoms with Crippen molar-refractivity contribution in [3.8, 4) is 5.75 Å². The molecule has 2 saturated carbocycles. The van der Waals surface area contributed by atoms with Crippen molar-refractivity contribution in [1.82, 2.24) is 0 Å². The monoisotopic (exact) mass is 504 g/mol. The van der Waals surface area contributed by atoms with Crippen LogP contribution >= 0.6 is 0 Å². The molecule has 0 aromatic heterocycles. The van der Waals surface area contributed by atoms with E-state index in [1.807, 2.05) is 6.07 Å². The van der Waals surface area contributed by atoms with E-state index in [9.17, 15) is 8.78 Å². The van der Waals surface area contributed by atoms with Crippen LogP contribution in [-0.2, 0) is 4.74 Å². The third-order valence-electron chi connectivity index (χ3n) is 8.64. The first kappa shape index (κ1) is 25.6. The molecule has 0 spiro atoms. The van der Waals surface area contributed by atoms with Crippen molar-refractivity contribution in [2.75, 3.05) is 13.2 Å². The molecule has 2 nitrogen and oxygen atoms in total. The fourth-order valence-corrected chi connectivity index (χ4v) is 6.36. The van der Waals surface area contributed by atoms with E-state index in [4.69, 9.17) is 9.47 Å². The van der Waals surface area contributed by atoms with E-state index < -0.39 is 23.3 Å². The Bertz CT molecular complexity index is 1050. The van der Waals surface area contributed by atoms with Crippen LogP contribution in [0.15, 0.2) is 24.3 Å². The van der Waals surface area contributed by atoms with Crippen LogP contribution in [0.25, 0.3) is 0 Å². The Labute approximate surface area is 211 Å². The first-order chi connectivity index (χ1) is 17.5. The van der Waals surface area contributed by atoms with Gasteiger partial charge in [0.2, 0.25) is 5.82 Å². The summed E-state index contributed by atoms with van der Waals surface area (Å²) >= 11 is 0. The fraction of sp³-hybridized carbons (Fsp3) is 0.600. The first-order valence-corrected chi connectivity index (χ1v) is 13.7. The topological polar surface area (TPSA) is 21.8 Å². The van der Waals surface area contributed by atoms with Gasteiger partial charge in [-0.15, -0.1) is 0 Å². The summed E-state index contributed by atoms with van der Waals surface area (Å²) in [6, 6.07) is 6.59. The third kappa shape index (κ3) is 5.44. The van der Waals surface area contributed by atoms with Crippen molar-refractivity contribution >= 4 is 0 Å². The van der Waals surface area contributed by atoms with Crippen LogP contribution in [0.3, 0.4) is 0 Å². The van der Waals surface area contributed by atoms with Gasteiger partial charge in [0.1, 0.15) is 6.10 Å². The normalized spacial score (nSPS) is 28.2. The Kier molecular flexibility index (Phi) is 7.90. The van der Waals surface area contributed by atoms with Crippen molar-refractivity contribution in [1.29, 1.82) is 0 Å². The van der Waals surface area contributed by atoms with Gasteiger partial charge in [-0.25, -0.2) is 13.2 Å². The van der Waals surface area contributed by atoms with Gasteiger partial charge in [0.25, 0.3) is 0 Å².